The number of aromatic nitrogens is 1. The van der Waals surface area contributed by atoms with Gasteiger partial charge in [0, 0.05) is 43.4 Å². The molecule has 5 nitrogen and oxygen atoms in total. The maximum Gasteiger partial charge on any atom is 0.228 e. The van der Waals surface area contributed by atoms with Gasteiger partial charge >= 0.3 is 0 Å². The SMILES string of the molecule is Cc1ccc(-c2c(CC(=O)Nc3ccc(N(C)C)cc3)c(C)nc(CC(C)C)c2CN)cc1. The number of nitrogens with zero attached hydrogens (tertiary/aromatic N) is 2. The van der Waals surface area contributed by atoms with Crippen LogP contribution in [0.2, 0.25) is 0 Å². The molecule has 0 aliphatic carbocycles. The largest absolute Gasteiger partial charge is 0.378 e. The van der Waals surface area contributed by atoms with E-state index in [9.17, 15) is 4.79 Å². The maximum absolute atomic E-state index is 13.1. The molecule has 0 fully saturated rings. The fourth-order valence-corrected chi connectivity index (χ4v) is 4.11. The molecule has 33 heavy (non-hydrogen) atoms. The van der Waals surface area contributed by atoms with E-state index >= 15 is 0 Å². The molecule has 174 valence electrons. The molecule has 1 aromatic heterocycles. The number of carbonyl (C=O) groups excluding carboxylic acids is 1. The van der Waals surface area contributed by atoms with Gasteiger partial charge in [-0.3, -0.25) is 9.78 Å². The van der Waals surface area contributed by atoms with Crippen LogP contribution in [0.1, 0.15) is 41.9 Å². The van der Waals surface area contributed by atoms with Gasteiger partial charge < -0.3 is 16.0 Å². The second-order valence-corrected chi connectivity index (χ2v) is 9.31. The molecule has 0 atom stereocenters. The van der Waals surface area contributed by atoms with Gasteiger partial charge in [0.05, 0.1) is 6.42 Å². The van der Waals surface area contributed by atoms with E-state index in [-0.39, 0.29) is 12.3 Å². The number of pyridine rings is 1. The number of anilines is 2. The molecule has 0 aliphatic heterocycles. The van der Waals surface area contributed by atoms with Gasteiger partial charge in [-0.1, -0.05) is 43.7 Å². The van der Waals surface area contributed by atoms with Crippen molar-refractivity contribution >= 4 is 17.3 Å². The summed E-state index contributed by atoms with van der Waals surface area (Å²) in [6, 6.07) is 16.3. The van der Waals surface area contributed by atoms with Gasteiger partial charge in [0.1, 0.15) is 0 Å². The average Bonchev–Trinajstić information content (AvgIpc) is 2.76. The first-order valence-electron chi connectivity index (χ1n) is 11.5. The third-order valence-electron chi connectivity index (χ3n) is 5.84. The number of benzene rings is 2. The molecule has 0 aliphatic rings. The summed E-state index contributed by atoms with van der Waals surface area (Å²) >= 11 is 0. The quantitative estimate of drug-likeness (QED) is 0.496. The lowest BCUT2D eigenvalue weighted by Gasteiger charge is -2.21. The number of amides is 1. The van der Waals surface area contributed by atoms with Gasteiger partial charge in [-0.15, -0.1) is 0 Å². The summed E-state index contributed by atoms with van der Waals surface area (Å²) in [5.41, 5.74) is 15.4. The van der Waals surface area contributed by atoms with Crippen molar-refractivity contribution in [2.24, 2.45) is 11.7 Å². The summed E-state index contributed by atoms with van der Waals surface area (Å²) < 4.78 is 0. The van der Waals surface area contributed by atoms with Crippen LogP contribution >= 0.6 is 0 Å². The van der Waals surface area contributed by atoms with Crippen LogP contribution in [0.15, 0.2) is 48.5 Å². The van der Waals surface area contributed by atoms with E-state index in [1.54, 1.807) is 0 Å². The fraction of sp³-hybridized carbons (Fsp3) is 0.357. The third kappa shape index (κ3) is 5.99. The lowest BCUT2D eigenvalue weighted by molar-refractivity contribution is -0.115. The van der Waals surface area contributed by atoms with E-state index in [0.717, 1.165) is 51.4 Å². The normalized spacial score (nSPS) is 11.0. The van der Waals surface area contributed by atoms with E-state index in [2.05, 4.69) is 50.4 Å². The highest BCUT2D eigenvalue weighted by Crippen LogP contribution is 2.33. The van der Waals surface area contributed by atoms with E-state index in [0.29, 0.717) is 12.5 Å². The molecule has 3 N–H and O–H groups in total. The molecule has 2 aromatic carbocycles. The monoisotopic (exact) mass is 444 g/mol. The summed E-state index contributed by atoms with van der Waals surface area (Å²) in [7, 11) is 3.99. The molecule has 3 aromatic rings. The van der Waals surface area contributed by atoms with E-state index < -0.39 is 0 Å². The minimum absolute atomic E-state index is 0.0644. The highest BCUT2D eigenvalue weighted by Gasteiger charge is 2.21. The highest BCUT2D eigenvalue weighted by molar-refractivity contribution is 5.94. The summed E-state index contributed by atoms with van der Waals surface area (Å²) in [6.45, 7) is 8.83. The Morgan fingerprint density at radius 1 is 1.00 bits per heavy atom. The summed E-state index contributed by atoms with van der Waals surface area (Å²) in [4.78, 5) is 20.0. The first kappa shape index (κ1) is 24.5. The lowest BCUT2D eigenvalue weighted by Crippen LogP contribution is -2.19. The molecule has 1 heterocycles. The molecule has 1 amide bonds. The summed E-state index contributed by atoms with van der Waals surface area (Å²) in [5.74, 6) is 0.401. The molecule has 5 heteroatoms. The molecular formula is C28H36N4O. The van der Waals surface area contributed by atoms with Crippen LogP contribution in [0.4, 0.5) is 11.4 Å². The van der Waals surface area contributed by atoms with Crippen molar-refractivity contribution < 1.29 is 4.79 Å². The highest BCUT2D eigenvalue weighted by atomic mass is 16.1. The molecule has 0 radical (unpaired) electrons. The summed E-state index contributed by atoms with van der Waals surface area (Å²) in [5, 5.41) is 3.04. The topological polar surface area (TPSA) is 71.2 Å². The Kier molecular flexibility index (Phi) is 7.88. The van der Waals surface area contributed by atoms with Crippen molar-refractivity contribution in [3.63, 3.8) is 0 Å². The van der Waals surface area contributed by atoms with Crippen molar-refractivity contribution in [3.8, 4) is 11.1 Å². The van der Waals surface area contributed by atoms with Crippen molar-refractivity contribution in [1.82, 2.24) is 4.98 Å². The van der Waals surface area contributed by atoms with Crippen molar-refractivity contribution in [2.45, 2.75) is 47.1 Å². The van der Waals surface area contributed by atoms with Crippen LogP contribution < -0.4 is 16.0 Å². The molecule has 0 saturated heterocycles. The number of hydrogen-bond donors (Lipinski definition) is 2. The van der Waals surface area contributed by atoms with Crippen LogP contribution in [0.3, 0.4) is 0 Å². The number of nitrogens with one attached hydrogen (secondary N) is 1. The minimum Gasteiger partial charge on any atom is -0.378 e. The standard InChI is InChI=1S/C28H36N4O/c1-18(2)15-26-25(17-29)28(21-9-7-19(3)8-10-21)24(20(4)30-26)16-27(33)31-22-11-13-23(14-12-22)32(5)6/h7-14,18H,15-17,29H2,1-6H3,(H,31,33). The van der Waals surface area contributed by atoms with E-state index in [1.165, 1.54) is 5.56 Å². The van der Waals surface area contributed by atoms with Gasteiger partial charge in [0.25, 0.3) is 0 Å². The second-order valence-electron chi connectivity index (χ2n) is 9.31. The Morgan fingerprint density at radius 2 is 1.64 bits per heavy atom. The Hall–Kier alpha value is -3.18. The Bertz CT molecular complexity index is 1100. The van der Waals surface area contributed by atoms with Gasteiger partial charge in [-0.05, 0) is 72.7 Å². The predicted octanol–water partition coefficient (Wildman–Crippen LogP) is 5.27. The molecule has 0 saturated carbocycles. The number of nitrogens with two attached hydrogens (primary N) is 1. The van der Waals surface area contributed by atoms with Crippen LogP contribution in [-0.2, 0) is 24.2 Å². The average molecular weight is 445 g/mol. The first-order chi connectivity index (χ1) is 15.7. The first-order valence-corrected chi connectivity index (χ1v) is 11.5. The predicted molar refractivity (Wildman–Crippen MR) is 139 cm³/mol. The van der Waals surface area contributed by atoms with E-state index in [1.807, 2.05) is 50.2 Å². The molecule has 3 rings (SSSR count). The minimum atomic E-state index is -0.0644. The van der Waals surface area contributed by atoms with Crippen molar-refractivity contribution in [1.29, 1.82) is 0 Å². The zero-order valence-corrected chi connectivity index (χ0v) is 20.7. The smallest absolute Gasteiger partial charge is 0.228 e. The van der Waals surface area contributed by atoms with Crippen LogP contribution in [0.25, 0.3) is 11.1 Å². The van der Waals surface area contributed by atoms with Gasteiger partial charge in [0.2, 0.25) is 5.91 Å². The molecular weight excluding hydrogens is 408 g/mol. The number of aryl methyl sites for hydroxylation is 2. The molecule has 0 bridgehead atoms. The zero-order valence-electron chi connectivity index (χ0n) is 20.7. The number of carbonyl (C=O) groups is 1. The zero-order chi connectivity index (χ0) is 24.1. The van der Waals surface area contributed by atoms with Crippen LogP contribution in [0, 0.1) is 19.8 Å². The number of rotatable bonds is 8. The van der Waals surface area contributed by atoms with Crippen molar-refractivity contribution in [3.05, 3.63) is 76.6 Å². The lowest BCUT2D eigenvalue weighted by atomic mass is 9.88. The Morgan fingerprint density at radius 3 is 2.18 bits per heavy atom. The van der Waals surface area contributed by atoms with Crippen molar-refractivity contribution in [2.75, 3.05) is 24.3 Å². The maximum atomic E-state index is 13.1. The van der Waals surface area contributed by atoms with Gasteiger partial charge in [-0.2, -0.15) is 0 Å². The summed E-state index contributed by atoms with van der Waals surface area (Å²) in [6.07, 6.45) is 1.10. The Labute approximate surface area is 198 Å². The fourth-order valence-electron chi connectivity index (χ4n) is 4.11. The van der Waals surface area contributed by atoms with Crippen LogP contribution in [-0.4, -0.2) is 25.0 Å². The second kappa shape index (κ2) is 10.6. The van der Waals surface area contributed by atoms with E-state index in [4.69, 9.17) is 10.7 Å². The molecule has 0 spiro atoms. The molecule has 0 unspecified atom stereocenters. The van der Waals surface area contributed by atoms with Gasteiger partial charge in [0.15, 0.2) is 0 Å². The number of hydrogen-bond acceptors (Lipinski definition) is 4. The van der Waals surface area contributed by atoms with Gasteiger partial charge in [-0.25, -0.2) is 0 Å². The van der Waals surface area contributed by atoms with Crippen LogP contribution in [0.5, 0.6) is 0 Å². The Balaban J connectivity index is 2.00. The third-order valence-corrected chi connectivity index (χ3v) is 5.84.